The van der Waals surface area contributed by atoms with Gasteiger partial charge in [-0.1, -0.05) is 0 Å². The Morgan fingerprint density at radius 1 is 1.22 bits per heavy atom. The molecule has 0 radical (unpaired) electrons. The van der Waals surface area contributed by atoms with Crippen LogP contribution in [0.4, 0.5) is 0 Å². The summed E-state index contributed by atoms with van der Waals surface area (Å²) in [4.78, 5) is 23.0. The molecule has 0 spiro atoms. The van der Waals surface area contributed by atoms with Crippen LogP contribution in [0.3, 0.4) is 0 Å². The van der Waals surface area contributed by atoms with Crippen LogP contribution in [0.2, 0.25) is 0 Å². The number of Topliss-reactive ketones (excluding diaryl/α,β-unsaturated/α-hetero) is 1. The first-order valence-corrected chi connectivity index (χ1v) is 5.79. The van der Waals surface area contributed by atoms with E-state index in [2.05, 4.69) is 5.32 Å². The van der Waals surface area contributed by atoms with Gasteiger partial charge in [0.15, 0.2) is 17.3 Å². The van der Waals surface area contributed by atoms with Gasteiger partial charge in [0, 0.05) is 5.56 Å². The normalized spacial score (nSPS) is 14.8. The van der Waals surface area contributed by atoms with E-state index in [1.807, 2.05) is 0 Å². The fourth-order valence-electron chi connectivity index (χ4n) is 1.57. The van der Waals surface area contributed by atoms with Gasteiger partial charge in [0.05, 0.1) is 6.04 Å². The minimum Gasteiger partial charge on any atom is -0.486 e. The molecule has 96 valence electrons. The van der Waals surface area contributed by atoms with Gasteiger partial charge in [-0.2, -0.15) is 0 Å². The SMILES string of the molecule is CC(=O)C(C)NC(=O)c1ccc2c(c1)OCCO2. The predicted octanol–water partition coefficient (Wildman–Crippen LogP) is 1.17. The number of amides is 1. The molecule has 1 atom stereocenters. The standard InChI is InChI=1S/C13H15NO4/c1-8(9(2)15)14-13(16)10-3-4-11-12(7-10)18-6-5-17-11/h3-4,7-8H,5-6H2,1-2H3,(H,14,16). The predicted molar refractivity (Wildman–Crippen MR) is 65.0 cm³/mol. The van der Waals surface area contributed by atoms with E-state index in [4.69, 9.17) is 9.47 Å². The Morgan fingerprint density at radius 2 is 1.89 bits per heavy atom. The molecule has 0 saturated carbocycles. The number of fused-ring (bicyclic) bond motifs is 1. The van der Waals surface area contributed by atoms with Gasteiger partial charge in [-0.15, -0.1) is 0 Å². The maximum absolute atomic E-state index is 11.9. The van der Waals surface area contributed by atoms with E-state index < -0.39 is 6.04 Å². The van der Waals surface area contributed by atoms with Crippen LogP contribution in [-0.4, -0.2) is 30.9 Å². The number of hydrogen-bond donors (Lipinski definition) is 1. The van der Waals surface area contributed by atoms with Crippen molar-refractivity contribution in [3.63, 3.8) is 0 Å². The summed E-state index contributed by atoms with van der Waals surface area (Å²) in [7, 11) is 0. The van der Waals surface area contributed by atoms with Crippen LogP contribution in [0.25, 0.3) is 0 Å². The van der Waals surface area contributed by atoms with Crippen molar-refractivity contribution in [1.29, 1.82) is 0 Å². The van der Waals surface area contributed by atoms with Crippen molar-refractivity contribution in [1.82, 2.24) is 5.32 Å². The number of ether oxygens (including phenoxy) is 2. The van der Waals surface area contributed by atoms with Crippen molar-refractivity contribution in [2.45, 2.75) is 19.9 Å². The van der Waals surface area contributed by atoms with Crippen molar-refractivity contribution in [2.24, 2.45) is 0 Å². The molecule has 1 aromatic rings. The largest absolute Gasteiger partial charge is 0.486 e. The summed E-state index contributed by atoms with van der Waals surface area (Å²) < 4.78 is 10.8. The summed E-state index contributed by atoms with van der Waals surface area (Å²) in [6.45, 7) is 4.08. The lowest BCUT2D eigenvalue weighted by molar-refractivity contribution is -0.118. The Hall–Kier alpha value is -2.04. The molecule has 0 aromatic heterocycles. The molecule has 1 amide bonds. The number of nitrogens with one attached hydrogen (secondary N) is 1. The second-order valence-electron chi connectivity index (χ2n) is 4.16. The quantitative estimate of drug-likeness (QED) is 0.873. The maximum atomic E-state index is 11.9. The first kappa shape index (κ1) is 12.4. The highest BCUT2D eigenvalue weighted by Gasteiger charge is 2.17. The Balaban J connectivity index is 2.13. The third-order valence-electron chi connectivity index (χ3n) is 2.76. The molecule has 1 aromatic carbocycles. The van der Waals surface area contributed by atoms with Crippen molar-refractivity contribution in [2.75, 3.05) is 13.2 Å². The van der Waals surface area contributed by atoms with E-state index in [-0.39, 0.29) is 11.7 Å². The molecule has 1 N–H and O–H groups in total. The molecule has 1 aliphatic heterocycles. The van der Waals surface area contributed by atoms with Crippen molar-refractivity contribution in [3.8, 4) is 11.5 Å². The molecule has 5 heteroatoms. The monoisotopic (exact) mass is 249 g/mol. The van der Waals surface area contributed by atoms with Gasteiger partial charge in [0.2, 0.25) is 0 Å². The highest BCUT2D eigenvalue weighted by atomic mass is 16.6. The number of hydrogen-bond acceptors (Lipinski definition) is 4. The van der Waals surface area contributed by atoms with E-state index in [0.717, 1.165) is 0 Å². The van der Waals surface area contributed by atoms with E-state index in [1.165, 1.54) is 6.92 Å². The Labute approximate surface area is 105 Å². The lowest BCUT2D eigenvalue weighted by Crippen LogP contribution is -2.37. The molecule has 0 aliphatic carbocycles. The average Bonchev–Trinajstić information content (AvgIpc) is 2.37. The molecule has 0 fully saturated rings. The van der Waals surface area contributed by atoms with Crippen LogP contribution in [0.1, 0.15) is 24.2 Å². The molecule has 18 heavy (non-hydrogen) atoms. The lowest BCUT2D eigenvalue weighted by atomic mass is 10.1. The summed E-state index contributed by atoms with van der Waals surface area (Å²) in [5, 5.41) is 2.62. The van der Waals surface area contributed by atoms with Gasteiger partial charge in [-0.05, 0) is 32.0 Å². The van der Waals surface area contributed by atoms with Gasteiger partial charge >= 0.3 is 0 Å². The van der Waals surface area contributed by atoms with Crippen LogP contribution >= 0.6 is 0 Å². The van der Waals surface area contributed by atoms with Crippen LogP contribution < -0.4 is 14.8 Å². The first-order chi connectivity index (χ1) is 8.58. The van der Waals surface area contributed by atoms with E-state index in [0.29, 0.717) is 30.3 Å². The summed E-state index contributed by atoms with van der Waals surface area (Å²) >= 11 is 0. The third-order valence-corrected chi connectivity index (χ3v) is 2.76. The fourth-order valence-corrected chi connectivity index (χ4v) is 1.57. The smallest absolute Gasteiger partial charge is 0.251 e. The van der Waals surface area contributed by atoms with E-state index >= 15 is 0 Å². The number of benzene rings is 1. The molecule has 0 bridgehead atoms. The van der Waals surface area contributed by atoms with Crippen LogP contribution in [-0.2, 0) is 4.79 Å². The summed E-state index contributed by atoms with van der Waals surface area (Å²) in [6.07, 6.45) is 0. The molecule has 1 unspecified atom stereocenters. The molecule has 0 saturated heterocycles. The Kier molecular flexibility index (Phi) is 3.50. The highest BCUT2D eigenvalue weighted by Crippen LogP contribution is 2.30. The maximum Gasteiger partial charge on any atom is 0.251 e. The van der Waals surface area contributed by atoms with Gasteiger partial charge in [-0.3, -0.25) is 9.59 Å². The first-order valence-electron chi connectivity index (χ1n) is 5.79. The van der Waals surface area contributed by atoms with E-state index in [9.17, 15) is 9.59 Å². The minimum atomic E-state index is -0.495. The third kappa shape index (κ3) is 2.61. The Bertz CT molecular complexity index is 484. The zero-order chi connectivity index (χ0) is 13.1. The topological polar surface area (TPSA) is 64.6 Å². The van der Waals surface area contributed by atoms with Crippen molar-refractivity contribution >= 4 is 11.7 Å². The van der Waals surface area contributed by atoms with Crippen molar-refractivity contribution in [3.05, 3.63) is 23.8 Å². The number of rotatable bonds is 3. The minimum absolute atomic E-state index is 0.0825. The van der Waals surface area contributed by atoms with Gasteiger partial charge < -0.3 is 14.8 Å². The second kappa shape index (κ2) is 5.08. The summed E-state index contributed by atoms with van der Waals surface area (Å²) in [6, 6.07) is 4.47. The molecule has 2 rings (SSSR count). The number of carbonyl (C=O) groups is 2. The van der Waals surface area contributed by atoms with Crippen molar-refractivity contribution < 1.29 is 19.1 Å². The zero-order valence-corrected chi connectivity index (χ0v) is 10.4. The van der Waals surface area contributed by atoms with Crippen LogP contribution in [0.5, 0.6) is 11.5 Å². The van der Waals surface area contributed by atoms with Crippen LogP contribution in [0.15, 0.2) is 18.2 Å². The molecular weight excluding hydrogens is 234 g/mol. The zero-order valence-electron chi connectivity index (χ0n) is 10.4. The van der Waals surface area contributed by atoms with Gasteiger partial charge in [0.1, 0.15) is 13.2 Å². The fraction of sp³-hybridized carbons (Fsp3) is 0.385. The molecule has 1 aliphatic rings. The summed E-state index contributed by atoms with van der Waals surface area (Å²) in [5.74, 6) is 0.817. The summed E-state index contributed by atoms with van der Waals surface area (Å²) in [5.41, 5.74) is 0.451. The van der Waals surface area contributed by atoms with E-state index in [1.54, 1.807) is 25.1 Å². The highest BCUT2D eigenvalue weighted by molar-refractivity contribution is 5.97. The Morgan fingerprint density at radius 3 is 2.56 bits per heavy atom. The molecular formula is C13H15NO4. The van der Waals surface area contributed by atoms with Gasteiger partial charge in [0.25, 0.3) is 5.91 Å². The molecule has 5 nitrogen and oxygen atoms in total. The number of ketones is 1. The average molecular weight is 249 g/mol. The van der Waals surface area contributed by atoms with Gasteiger partial charge in [-0.25, -0.2) is 0 Å². The second-order valence-corrected chi connectivity index (χ2v) is 4.16. The van der Waals surface area contributed by atoms with Crippen LogP contribution in [0, 0.1) is 0 Å². The number of carbonyl (C=O) groups excluding carboxylic acids is 2. The lowest BCUT2D eigenvalue weighted by Gasteiger charge is -2.19. The molecule has 1 heterocycles.